The molecular weight excluding hydrogens is 586 g/mol. The number of esters is 1. The van der Waals surface area contributed by atoms with Gasteiger partial charge in [0.25, 0.3) is 5.56 Å². The predicted molar refractivity (Wildman–Crippen MR) is 148 cm³/mol. The molecule has 8 heteroatoms. The summed E-state index contributed by atoms with van der Waals surface area (Å²) < 4.78 is 8.27. The highest BCUT2D eigenvalue weighted by atomic mass is 79.9. The molecular formula is C28H17Br2N3O3. The van der Waals surface area contributed by atoms with Gasteiger partial charge < -0.3 is 4.74 Å². The molecule has 0 aliphatic heterocycles. The molecule has 36 heavy (non-hydrogen) atoms. The van der Waals surface area contributed by atoms with Crippen molar-refractivity contribution in [2.45, 2.75) is 0 Å². The Labute approximate surface area is 223 Å². The first kappa shape index (κ1) is 23.8. The van der Waals surface area contributed by atoms with E-state index in [4.69, 9.17) is 9.72 Å². The van der Waals surface area contributed by atoms with Crippen LogP contribution < -0.4 is 10.3 Å². The molecule has 0 bridgehead atoms. The Morgan fingerprint density at radius 1 is 0.889 bits per heavy atom. The van der Waals surface area contributed by atoms with Gasteiger partial charge in [-0.3, -0.25) is 4.79 Å². The average molecular weight is 603 g/mol. The zero-order chi connectivity index (χ0) is 25.1. The summed E-state index contributed by atoms with van der Waals surface area (Å²) in [7, 11) is 0. The number of hydrogen-bond acceptors (Lipinski definition) is 5. The number of carbonyl (C=O) groups is 1. The molecule has 1 aromatic heterocycles. The minimum Gasteiger partial charge on any atom is -0.421 e. The zero-order valence-electron chi connectivity index (χ0n) is 18.6. The second kappa shape index (κ2) is 10.4. The number of benzene rings is 4. The van der Waals surface area contributed by atoms with Gasteiger partial charge >= 0.3 is 5.97 Å². The Kier molecular flexibility index (Phi) is 6.88. The Bertz CT molecular complexity index is 1670. The molecule has 0 N–H and O–H groups in total. The Morgan fingerprint density at radius 3 is 2.31 bits per heavy atom. The lowest BCUT2D eigenvalue weighted by Gasteiger charge is -2.12. The molecule has 1 heterocycles. The molecule has 4 aromatic carbocycles. The monoisotopic (exact) mass is 601 g/mol. The van der Waals surface area contributed by atoms with E-state index in [0.717, 1.165) is 10.0 Å². The van der Waals surface area contributed by atoms with E-state index in [0.29, 0.717) is 32.3 Å². The fourth-order valence-electron chi connectivity index (χ4n) is 3.63. The van der Waals surface area contributed by atoms with E-state index < -0.39 is 5.97 Å². The van der Waals surface area contributed by atoms with Crippen LogP contribution in [0.3, 0.4) is 0 Å². The Hall–Kier alpha value is -3.88. The number of carbonyl (C=O) groups excluding carboxylic acids is 1. The highest BCUT2D eigenvalue weighted by Gasteiger charge is 2.16. The van der Waals surface area contributed by atoms with Gasteiger partial charge in [-0.2, -0.15) is 9.78 Å². The van der Waals surface area contributed by atoms with E-state index in [-0.39, 0.29) is 11.3 Å². The van der Waals surface area contributed by atoms with Gasteiger partial charge in [-0.25, -0.2) is 9.78 Å². The van der Waals surface area contributed by atoms with Gasteiger partial charge in [0.2, 0.25) is 0 Å². The van der Waals surface area contributed by atoms with E-state index in [2.05, 4.69) is 37.0 Å². The third-order valence-electron chi connectivity index (χ3n) is 5.34. The fraction of sp³-hybridized carbons (Fsp3) is 0. The smallest absolute Gasteiger partial charge is 0.343 e. The fourth-order valence-corrected chi connectivity index (χ4v) is 4.97. The maximum absolute atomic E-state index is 13.4. The molecule has 0 saturated carbocycles. The van der Waals surface area contributed by atoms with Gasteiger partial charge in [-0.1, -0.05) is 76.6 Å². The van der Waals surface area contributed by atoms with Crippen LogP contribution in [0.5, 0.6) is 5.75 Å². The van der Waals surface area contributed by atoms with Crippen molar-refractivity contribution in [3.63, 3.8) is 0 Å². The van der Waals surface area contributed by atoms with Crippen molar-refractivity contribution < 1.29 is 9.53 Å². The molecule has 0 radical (unpaired) electrons. The van der Waals surface area contributed by atoms with Gasteiger partial charge in [-0.05, 0) is 52.3 Å². The maximum Gasteiger partial charge on any atom is 0.343 e. The van der Waals surface area contributed by atoms with Gasteiger partial charge in [0.15, 0.2) is 11.6 Å². The summed E-state index contributed by atoms with van der Waals surface area (Å²) in [4.78, 5) is 30.9. The first-order valence-corrected chi connectivity index (χ1v) is 12.5. The highest BCUT2D eigenvalue weighted by Crippen LogP contribution is 2.33. The van der Waals surface area contributed by atoms with E-state index in [1.807, 2.05) is 42.5 Å². The zero-order valence-corrected chi connectivity index (χ0v) is 21.8. The van der Waals surface area contributed by atoms with Crippen molar-refractivity contribution in [3.05, 3.63) is 127 Å². The van der Waals surface area contributed by atoms with Crippen LogP contribution in [0, 0.1) is 0 Å². The lowest BCUT2D eigenvalue weighted by Crippen LogP contribution is -2.20. The SMILES string of the molecule is O=C(Oc1c(Br)cc(Br)cc1C=Nn1c(-c2ccccc2)nc2ccccc2c1=O)c1ccccc1. The highest BCUT2D eigenvalue weighted by molar-refractivity contribution is 9.11. The third-order valence-corrected chi connectivity index (χ3v) is 6.39. The molecule has 0 unspecified atom stereocenters. The van der Waals surface area contributed by atoms with Crippen molar-refractivity contribution in [2.24, 2.45) is 5.10 Å². The molecule has 0 fully saturated rings. The number of nitrogens with zero attached hydrogens (tertiary/aromatic N) is 3. The topological polar surface area (TPSA) is 73.5 Å². The number of halogens is 2. The lowest BCUT2D eigenvalue weighted by molar-refractivity contribution is 0.0733. The van der Waals surface area contributed by atoms with Crippen molar-refractivity contribution in [3.8, 4) is 17.1 Å². The molecule has 0 aliphatic rings. The number of hydrogen-bond donors (Lipinski definition) is 0. The number of rotatable bonds is 5. The molecule has 0 spiro atoms. The summed E-state index contributed by atoms with van der Waals surface area (Å²) in [5.74, 6) is 0.161. The van der Waals surface area contributed by atoms with Crippen molar-refractivity contribution in [2.75, 3.05) is 0 Å². The van der Waals surface area contributed by atoms with Crippen LogP contribution in [0.1, 0.15) is 15.9 Å². The summed E-state index contributed by atoms with van der Waals surface area (Å²) in [5.41, 5.74) is 1.91. The quantitative estimate of drug-likeness (QED) is 0.128. The Morgan fingerprint density at radius 2 is 1.56 bits per heavy atom. The van der Waals surface area contributed by atoms with Gasteiger partial charge in [0.05, 0.1) is 27.2 Å². The average Bonchev–Trinajstić information content (AvgIpc) is 2.90. The van der Waals surface area contributed by atoms with E-state index >= 15 is 0 Å². The van der Waals surface area contributed by atoms with E-state index in [1.165, 1.54) is 10.9 Å². The molecule has 6 nitrogen and oxygen atoms in total. The Balaban J connectivity index is 1.63. The summed E-state index contributed by atoms with van der Waals surface area (Å²) in [6.45, 7) is 0. The molecule has 0 amide bonds. The molecule has 0 atom stereocenters. The normalized spacial score (nSPS) is 11.2. The van der Waals surface area contributed by atoms with Crippen LogP contribution >= 0.6 is 31.9 Å². The molecule has 176 valence electrons. The second-order valence-corrected chi connectivity index (χ2v) is 9.51. The first-order chi connectivity index (χ1) is 17.5. The standard InChI is InChI=1S/C28H17Br2N3O3/c29-21-15-20(25(23(30)16-21)36-28(35)19-11-5-2-6-12-19)17-31-33-26(18-9-3-1-4-10-18)32-24-14-8-7-13-22(24)27(33)34/h1-17H. The molecule has 0 saturated heterocycles. The number of ether oxygens (including phenoxy) is 1. The molecule has 0 aliphatic carbocycles. The van der Waals surface area contributed by atoms with Crippen LogP contribution in [0.15, 0.2) is 116 Å². The summed E-state index contributed by atoms with van der Waals surface area (Å²) in [6.07, 6.45) is 1.48. The van der Waals surface area contributed by atoms with Crippen LogP contribution in [0.2, 0.25) is 0 Å². The predicted octanol–water partition coefficient (Wildman–Crippen LogP) is 6.69. The minimum absolute atomic E-state index is 0.277. The molecule has 5 aromatic rings. The summed E-state index contributed by atoms with van der Waals surface area (Å²) >= 11 is 6.94. The van der Waals surface area contributed by atoms with E-state index in [9.17, 15) is 9.59 Å². The number of aromatic nitrogens is 2. The van der Waals surface area contributed by atoms with Crippen molar-refractivity contribution in [1.29, 1.82) is 0 Å². The lowest BCUT2D eigenvalue weighted by atomic mass is 10.2. The van der Waals surface area contributed by atoms with Crippen LogP contribution in [0.25, 0.3) is 22.3 Å². The summed E-state index contributed by atoms with van der Waals surface area (Å²) in [5, 5.41) is 4.95. The molecule has 5 rings (SSSR count). The number of fused-ring (bicyclic) bond motifs is 1. The summed E-state index contributed by atoms with van der Waals surface area (Å²) in [6, 6.07) is 28.7. The van der Waals surface area contributed by atoms with Crippen LogP contribution in [-0.4, -0.2) is 21.8 Å². The van der Waals surface area contributed by atoms with Crippen LogP contribution in [-0.2, 0) is 0 Å². The van der Waals surface area contributed by atoms with Gasteiger partial charge in [-0.15, -0.1) is 0 Å². The largest absolute Gasteiger partial charge is 0.421 e. The van der Waals surface area contributed by atoms with Gasteiger partial charge in [0.1, 0.15) is 0 Å². The van der Waals surface area contributed by atoms with Crippen LogP contribution in [0.4, 0.5) is 0 Å². The van der Waals surface area contributed by atoms with Crippen molar-refractivity contribution in [1.82, 2.24) is 9.66 Å². The second-order valence-electron chi connectivity index (χ2n) is 7.74. The first-order valence-electron chi connectivity index (χ1n) is 10.9. The maximum atomic E-state index is 13.4. The van der Waals surface area contributed by atoms with Gasteiger partial charge in [0, 0.05) is 15.6 Å². The number of para-hydroxylation sites is 1. The third kappa shape index (κ3) is 4.91. The minimum atomic E-state index is -0.511. The van der Waals surface area contributed by atoms with E-state index in [1.54, 1.807) is 54.6 Å². The van der Waals surface area contributed by atoms with Crippen molar-refractivity contribution >= 4 is 54.9 Å².